The van der Waals surface area contributed by atoms with Gasteiger partial charge in [-0.05, 0) is 45.1 Å². The average Bonchev–Trinajstić information content (AvgIpc) is 3.18. The number of nitrogens with zero attached hydrogens (tertiary/aromatic N) is 1. The zero-order chi connectivity index (χ0) is 25.5. The molecular weight excluding hydrogens is 434 g/mol. The van der Waals surface area contributed by atoms with Crippen molar-refractivity contribution in [2.24, 2.45) is 17.8 Å². The van der Waals surface area contributed by atoms with E-state index < -0.39 is 35.4 Å². The number of carboxylic acid groups (broad SMARTS) is 1. The second-order valence-electron chi connectivity index (χ2n) is 10.7. The van der Waals surface area contributed by atoms with Gasteiger partial charge in [0.2, 0.25) is 5.91 Å². The lowest BCUT2D eigenvalue weighted by atomic mass is 9.81. The number of amides is 1. The maximum absolute atomic E-state index is 13.8. The van der Waals surface area contributed by atoms with Gasteiger partial charge in [0.15, 0.2) is 0 Å². The lowest BCUT2D eigenvalue weighted by molar-refractivity contribution is -0.166. The number of esters is 1. The van der Waals surface area contributed by atoms with Crippen molar-refractivity contribution in [2.75, 3.05) is 6.54 Å². The number of hydrogen-bond donors (Lipinski definition) is 1. The second kappa shape index (κ2) is 12.3. The van der Waals surface area contributed by atoms with Crippen LogP contribution in [0, 0.1) is 17.8 Å². The Morgan fingerprint density at radius 3 is 2.29 bits per heavy atom. The van der Waals surface area contributed by atoms with E-state index in [2.05, 4.69) is 0 Å². The van der Waals surface area contributed by atoms with E-state index in [-0.39, 0.29) is 30.9 Å². The molecule has 0 aliphatic carbocycles. The van der Waals surface area contributed by atoms with Crippen molar-refractivity contribution in [2.45, 2.75) is 91.6 Å². The van der Waals surface area contributed by atoms with Gasteiger partial charge >= 0.3 is 11.9 Å². The van der Waals surface area contributed by atoms with Crippen molar-refractivity contribution in [1.29, 1.82) is 0 Å². The average molecular weight is 476 g/mol. The molecule has 1 amide bonds. The molecular formula is C27H41NO6. The van der Waals surface area contributed by atoms with E-state index >= 15 is 0 Å². The van der Waals surface area contributed by atoms with E-state index in [1.807, 2.05) is 71.9 Å². The smallest absolute Gasteiger partial charge is 0.326 e. The summed E-state index contributed by atoms with van der Waals surface area (Å²) < 4.78 is 11.6. The van der Waals surface area contributed by atoms with E-state index in [0.717, 1.165) is 12.0 Å². The van der Waals surface area contributed by atoms with Crippen molar-refractivity contribution < 1.29 is 29.0 Å². The Labute approximate surface area is 203 Å². The number of carboxylic acids is 1. The Hall–Kier alpha value is -2.41. The molecule has 7 heteroatoms. The number of ether oxygens (including phenoxy) is 2. The van der Waals surface area contributed by atoms with E-state index in [9.17, 15) is 19.5 Å². The van der Waals surface area contributed by atoms with Crippen LogP contribution in [-0.4, -0.2) is 52.1 Å². The fourth-order valence-corrected chi connectivity index (χ4v) is 4.51. The van der Waals surface area contributed by atoms with Crippen LogP contribution in [0.3, 0.4) is 0 Å². The number of carbonyl (C=O) groups is 3. The monoisotopic (exact) mass is 475 g/mol. The number of rotatable bonds is 11. The van der Waals surface area contributed by atoms with Gasteiger partial charge in [0.05, 0.1) is 24.5 Å². The molecule has 0 saturated carbocycles. The minimum Gasteiger partial charge on any atom is -0.480 e. The van der Waals surface area contributed by atoms with Gasteiger partial charge in [-0.25, -0.2) is 4.79 Å². The first-order chi connectivity index (χ1) is 15.9. The van der Waals surface area contributed by atoms with Crippen molar-refractivity contribution in [3.8, 4) is 0 Å². The Morgan fingerprint density at radius 2 is 1.76 bits per heavy atom. The highest BCUT2D eigenvalue weighted by Crippen LogP contribution is 2.33. The third-order valence-corrected chi connectivity index (χ3v) is 6.00. The lowest BCUT2D eigenvalue weighted by Crippen LogP contribution is -2.47. The summed E-state index contributed by atoms with van der Waals surface area (Å²) in [6.07, 6.45) is 1.57. The summed E-state index contributed by atoms with van der Waals surface area (Å²) in [4.78, 5) is 40.4. The first-order valence-corrected chi connectivity index (χ1v) is 12.3. The normalized spacial score (nSPS) is 20.3. The second-order valence-corrected chi connectivity index (χ2v) is 10.7. The zero-order valence-electron chi connectivity index (χ0n) is 21.5. The molecule has 7 nitrogen and oxygen atoms in total. The topological polar surface area (TPSA) is 93.1 Å². The van der Waals surface area contributed by atoms with Gasteiger partial charge in [-0.2, -0.15) is 0 Å². The zero-order valence-corrected chi connectivity index (χ0v) is 21.5. The van der Waals surface area contributed by atoms with E-state index in [1.165, 1.54) is 4.90 Å². The molecule has 1 aromatic carbocycles. The maximum Gasteiger partial charge on any atom is 0.326 e. The predicted octanol–water partition coefficient (Wildman–Crippen LogP) is 4.68. The van der Waals surface area contributed by atoms with Crippen LogP contribution in [0.5, 0.6) is 0 Å². The largest absolute Gasteiger partial charge is 0.480 e. The Morgan fingerprint density at radius 1 is 1.12 bits per heavy atom. The number of benzene rings is 1. The highest BCUT2D eigenvalue weighted by Gasteiger charge is 2.45. The molecule has 1 fully saturated rings. The minimum atomic E-state index is -1.05. The van der Waals surface area contributed by atoms with Gasteiger partial charge in [0.25, 0.3) is 0 Å². The third-order valence-electron chi connectivity index (χ3n) is 6.00. The van der Waals surface area contributed by atoms with Gasteiger partial charge in [-0.15, -0.1) is 0 Å². The Bertz CT molecular complexity index is 816. The standard InChI is InChI=1S/C27H41NO6/c1-7-11-21(26(32)34-27(4,5)6)22(14-18(2)3)24(29)28-16-20(15-23(28)25(30)31)33-17-19-12-9-8-10-13-19/h8-10,12-13,18,20-23H,7,11,14-17H2,1-6H3,(H,30,31)/t20-,21-,22+,23-/m0/s1. The van der Waals surface area contributed by atoms with Crippen molar-refractivity contribution in [3.63, 3.8) is 0 Å². The van der Waals surface area contributed by atoms with Gasteiger partial charge in [0, 0.05) is 13.0 Å². The highest BCUT2D eigenvalue weighted by molar-refractivity contribution is 5.89. The van der Waals surface area contributed by atoms with Crippen LogP contribution < -0.4 is 0 Å². The van der Waals surface area contributed by atoms with Gasteiger partial charge in [-0.1, -0.05) is 57.5 Å². The van der Waals surface area contributed by atoms with Crippen LogP contribution in [0.1, 0.15) is 72.8 Å². The van der Waals surface area contributed by atoms with Crippen LogP contribution in [-0.2, 0) is 30.5 Å². The molecule has 190 valence electrons. The summed E-state index contributed by atoms with van der Waals surface area (Å²) in [6, 6.07) is 8.69. The molecule has 4 atom stereocenters. The van der Waals surface area contributed by atoms with Gasteiger partial charge < -0.3 is 19.5 Å². The Balaban J connectivity index is 2.24. The molecule has 2 rings (SSSR count). The molecule has 1 N–H and O–H groups in total. The quantitative estimate of drug-likeness (QED) is 0.467. The molecule has 1 aliphatic rings. The summed E-state index contributed by atoms with van der Waals surface area (Å²) in [6.45, 7) is 12.0. The summed E-state index contributed by atoms with van der Waals surface area (Å²) in [7, 11) is 0. The number of carbonyl (C=O) groups excluding carboxylic acids is 2. The highest BCUT2D eigenvalue weighted by atomic mass is 16.6. The van der Waals surface area contributed by atoms with Crippen LogP contribution in [0.25, 0.3) is 0 Å². The van der Waals surface area contributed by atoms with Crippen LogP contribution in [0.4, 0.5) is 0 Å². The fourth-order valence-electron chi connectivity index (χ4n) is 4.51. The van der Waals surface area contributed by atoms with E-state index in [4.69, 9.17) is 9.47 Å². The Kier molecular flexibility index (Phi) is 10.1. The molecule has 0 radical (unpaired) electrons. The molecule has 0 unspecified atom stereocenters. The molecule has 34 heavy (non-hydrogen) atoms. The summed E-state index contributed by atoms with van der Waals surface area (Å²) in [5.74, 6) is -2.83. The van der Waals surface area contributed by atoms with Crippen molar-refractivity contribution in [1.82, 2.24) is 4.90 Å². The van der Waals surface area contributed by atoms with Gasteiger partial charge in [0.1, 0.15) is 11.6 Å². The van der Waals surface area contributed by atoms with Crippen LogP contribution in [0.15, 0.2) is 30.3 Å². The van der Waals surface area contributed by atoms with E-state index in [0.29, 0.717) is 19.4 Å². The van der Waals surface area contributed by atoms with Crippen LogP contribution >= 0.6 is 0 Å². The maximum atomic E-state index is 13.8. The lowest BCUT2D eigenvalue weighted by Gasteiger charge is -2.33. The summed E-state index contributed by atoms with van der Waals surface area (Å²) in [5.41, 5.74) is 0.326. The van der Waals surface area contributed by atoms with Crippen LogP contribution in [0.2, 0.25) is 0 Å². The number of aliphatic carboxylic acids is 1. The predicted molar refractivity (Wildman–Crippen MR) is 130 cm³/mol. The SMILES string of the molecule is CCC[C@H](C(=O)OC(C)(C)C)[C@@H](CC(C)C)C(=O)N1C[C@@H](OCc2ccccc2)C[C@H]1C(=O)O. The number of likely N-dealkylation sites (tertiary alicyclic amines) is 1. The molecule has 1 aromatic rings. The molecule has 1 heterocycles. The van der Waals surface area contributed by atoms with E-state index in [1.54, 1.807) is 0 Å². The third kappa shape index (κ3) is 8.12. The first kappa shape index (κ1) is 27.8. The fraction of sp³-hybridized carbons (Fsp3) is 0.667. The molecule has 1 aliphatic heterocycles. The molecule has 0 bridgehead atoms. The van der Waals surface area contributed by atoms with Gasteiger partial charge in [-0.3, -0.25) is 9.59 Å². The molecule has 0 spiro atoms. The number of hydrogen-bond acceptors (Lipinski definition) is 5. The minimum absolute atomic E-state index is 0.159. The summed E-state index contributed by atoms with van der Waals surface area (Å²) in [5, 5.41) is 9.86. The molecule has 0 aromatic heterocycles. The summed E-state index contributed by atoms with van der Waals surface area (Å²) >= 11 is 0. The molecule has 1 saturated heterocycles. The van der Waals surface area contributed by atoms with Crippen molar-refractivity contribution in [3.05, 3.63) is 35.9 Å². The van der Waals surface area contributed by atoms with Crippen molar-refractivity contribution >= 4 is 17.8 Å². The first-order valence-electron chi connectivity index (χ1n) is 12.3.